The third-order valence-corrected chi connectivity index (χ3v) is 3.46. The van der Waals surface area contributed by atoms with E-state index in [0.29, 0.717) is 18.3 Å². The number of aromatic nitrogens is 1. The zero-order chi connectivity index (χ0) is 13.1. The highest BCUT2D eigenvalue weighted by molar-refractivity contribution is 6.35. The number of carboxylic acid groups (broad SMARTS) is 1. The van der Waals surface area contributed by atoms with Crippen LogP contribution in [-0.4, -0.2) is 42.9 Å². The number of rotatable bonds is 4. The molecule has 1 aromatic rings. The van der Waals surface area contributed by atoms with Gasteiger partial charge in [-0.3, -0.25) is 0 Å². The Kier molecular flexibility index (Phi) is 4.04. The zero-order valence-corrected chi connectivity index (χ0v) is 10.9. The summed E-state index contributed by atoms with van der Waals surface area (Å²) in [6.07, 6.45) is 2.48. The second-order valence-electron chi connectivity index (χ2n) is 4.36. The Labute approximate surface area is 110 Å². The average molecular weight is 271 g/mol. The summed E-state index contributed by atoms with van der Waals surface area (Å²) < 4.78 is 5.13. The number of hydrogen-bond donors (Lipinski definition) is 1. The normalized spacial score (nSPS) is 19.2. The molecular weight excluding hydrogens is 256 g/mol. The largest absolute Gasteiger partial charge is 0.478 e. The summed E-state index contributed by atoms with van der Waals surface area (Å²) in [7, 11) is 1.68. The van der Waals surface area contributed by atoms with Crippen LogP contribution in [0.25, 0.3) is 0 Å². The van der Waals surface area contributed by atoms with Crippen LogP contribution in [0.1, 0.15) is 16.8 Å². The van der Waals surface area contributed by atoms with Crippen LogP contribution < -0.4 is 4.90 Å². The molecule has 0 radical (unpaired) electrons. The highest BCUT2D eigenvalue weighted by atomic mass is 35.5. The van der Waals surface area contributed by atoms with Gasteiger partial charge in [0.05, 0.1) is 17.2 Å². The van der Waals surface area contributed by atoms with Gasteiger partial charge in [0.2, 0.25) is 0 Å². The minimum Gasteiger partial charge on any atom is -0.478 e. The molecule has 0 aromatic carbocycles. The van der Waals surface area contributed by atoms with Crippen molar-refractivity contribution in [3.05, 3.63) is 22.8 Å². The van der Waals surface area contributed by atoms with Crippen LogP contribution >= 0.6 is 11.6 Å². The van der Waals surface area contributed by atoms with Crippen LogP contribution in [0.3, 0.4) is 0 Å². The van der Waals surface area contributed by atoms with E-state index < -0.39 is 5.97 Å². The van der Waals surface area contributed by atoms with E-state index in [2.05, 4.69) is 4.98 Å². The van der Waals surface area contributed by atoms with Gasteiger partial charge in [-0.15, -0.1) is 0 Å². The first-order chi connectivity index (χ1) is 8.63. The van der Waals surface area contributed by atoms with E-state index in [9.17, 15) is 4.79 Å². The van der Waals surface area contributed by atoms with Crippen molar-refractivity contribution in [2.45, 2.75) is 6.42 Å². The first kappa shape index (κ1) is 13.1. The maximum absolute atomic E-state index is 11.0. The Morgan fingerprint density at radius 2 is 2.50 bits per heavy atom. The molecule has 2 rings (SSSR count). The molecule has 0 spiro atoms. The monoisotopic (exact) mass is 270 g/mol. The lowest BCUT2D eigenvalue weighted by Gasteiger charge is -2.19. The van der Waals surface area contributed by atoms with Gasteiger partial charge in [0, 0.05) is 32.3 Å². The molecule has 18 heavy (non-hydrogen) atoms. The lowest BCUT2D eigenvalue weighted by atomic mass is 10.1. The van der Waals surface area contributed by atoms with Crippen molar-refractivity contribution in [2.75, 3.05) is 31.7 Å². The first-order valence-corrected chi connectivity index (χ1v) is 6.13. The predicted molar refractivity (Wildman–Crippen MR) is 68.4 cm³/mol. The highest BCUT2D eigenvalue weighted by Gasteiger charge is 2.26. The Morgan fingerprint density at radius 1 is 1.72 bits per heavy atom. The second kappa shape index (κ2) is 5.54. The Bertz CT molecular complexity index is 453. The molecule has 2 heterocycles. The number of ether oxygens (including phenoxy) is 1. The van der Waals surface area contributed by atoms with Gasteiger partial charge in [-0.05, 0) is 12.5 Å². The molecule has 0 amide bonds. The zero-order valence-electron chi connectivity index (χ0n) is 10.1. The molecule has 1 N–H and O–H groups in total. The molecule has 1 saturated heterocycles. The van der Waals surface area contributed by atoms with Crippen molar-refractivity contribution < 1.29 is 14.6 Å². The molecule has 1 aromatic heterocycles. The van der Waals surface area contributed by atoms with Crippen LogP contribution in [0.5, 0.6) is 0 Å². The molecule has 1 atom stereocenters. The fraction of sp³-hybridized carbons (Fsp3) is 0.500. The summed E-state index contributed by atoms with van der Waals surface area (Å²) in [5.74, 6) is -0.0344. The van der Waals surface area contributed by atoms with Gasteiger partial charge < -0.3 is 14.7 Å². The van der Waals surface area contributed by atoms with Crippen LogP contribution in [0.15, 0.2) is 12.3 Å². The number of nitrogens with zero attached hydrogens (tertiary/aromatic N) is 2. The van der Waals surface area contributed by atoms with E-state index in [1.807, 2.05) is 4.90 Å². The maximum atomic E-state index is 11.0. The van der Waals surface area contributed by atoms with Crippen LogP contribution in [0.4, 0.5) is 5.82 Å². The summed E-state index contributed by atoms with van der Waals surface area (Å²) in [6.45, 7) is 2.32. The number of hydrogen-bond acceptors (Lipinski definition) is 4. The van der Waals surface area contributed by atoms with Crippen molar-refractivity contribution in [3.63, 3.8) is 0 Å². The minimum atomic E-state index is -1.03. The van der Waals surface area contributed by atoms with Crippen molar-refractivity contribution >= 4 is 23.4 Å². The fourth-order valence-electron chi connectivity index (χ4n) is 2.22. The number of anilines is 1. The molecule has 1 unspecified atom stereocenters. The van der Waals surface area contributed by atoms with Gasteiger partial charge in [0.1, 0.15) is 5.82 Å². The second-order valence-corrected chi connectivity index (χ2v) is 4.74. The van der Waals surface area contributed by atoms with E-state index >= 15 is 0 Å². The van der Waals surface area contributed by atoms with Gasteiger partial charge in [0.25, 0.3) is 0 Å². The Morgan fingerprint density at radius 3 is 3.17 bits per heavy atom. The summed E-state index contributed by atoms with van der Waals surface area (Å²) in [5, 5.41) is 9.23. The molecule has 1 fully saturated rings. The Hall–Kier alpha value is -1.33. The average Bonchev–Trinajstić information content (AvgIpc) is 2.78. The third kappa shape index (κ3) is 2.57. The standard InChI is InChI=1S/C12H15ClN2O3/c1-18-7-8-3-5-15(6-8)11-10(13)9(12(16)17)2-4-14-11/h2,4,8H,3,5-7H2,1H3,(H,16,17). The molecule has 6 heteroatoms. The number of carboxylic acids is 1. The van der Waals surface area contributed by atoms with Gasteiger partial charge in [-0.1, -0.05) is 11.6 Å². The predicted octanol–water partition coefficient (Wildman–Crippen LogP) is 1.91. The lowest BCUT2D eigenvalue weighted by Crippen LogP contribution is -2.23. The van der Waals surface area contributed by atoms with Gasteiger partial charge in [-0.2, -0.15) is 0 Å². The SMILES string of the molecule is COCC1CCN(c2nccc(C(=O)O)c2Cl)C1. The first-order valence-electron chi connectivity index (χ1n) is 5.75. The van der Waals surface area contributed by atoms with Crippen LogP contribution in [0.2, 0.25) is 5.02 Å². The van der Waals surface area contributed by atoms with Crippen molar-refractivity contribution in [1.82, 2.24) is 4.98 Å². The summed E-state index contributed by atoms with van der Waals surface area (Å²) in [4.78, 5) is 17.2. The lowest BCUT2D eigenvalue weighted by molar-refractivity contribution is 0.0697. The number of carbonyl (C=O) groups is 1. The summed E-state index contributed by atoms with van der Waals surface area (Å²) in [6, 6.07) is 1.41. The maximum Gasteiger partial charge on any atom is 0.337 e. The number of halogens is 1. The topological polar surface area (TPSA) is 62.7 Å². The van der Waals surface area contributed by atoms with Crippen LogP contribution in [-0.2, 0) is 4.74 Å². The van der Waals surface area contributed by atoms with E-state index in [4.69, 9.17) is 21.4 Å². The number of pyridine rings is 1. The molecule has 0 saturated carbocycles. The molecule has 1 aliphatic rings. The minimum absolute atomic E-state index is 0.0943. The van der Waals surface area contributed by atoms with E-state index in [-0.39, 0.29) is 10.6 Å². The molecular formula is C12H15ClN2O3. The van der Waals surface area contributed by atoms with Crippen molar-refractivity contribution in [3.8, 4) is 0 Å². The summed E-state index contributed by atoms with van der Waals surface area (Å²) >= 11 is 6.09. The van der Waals surface area contributed by atoms with Crippen molar-refractivity contribution in [2.24, 2.45) is 5.92 Å². The molecule has 98 valence electrons. The fourth-order valence-corrected chi connectivity index (χ4v) is 2.53. The smallest absolute Gasteiger partial charge is 0.337 e. The Balaban J connectivity index is 2.19. The van der Waals surface area contributed by atoms with Gasteiger partial charge in [-0.25, -0.2) is 9.78 Å². The number of methoxy groups -OCH3 is 1. The van der Waals surface area contributed by atoms with Gasteiger partial charge in [0.15, 0.2) is 0 Å². The molecule has 1 aliphatic heterocycles. The highest BCUT2D eigenvalue weighted by Crippen LogP contribution is 2.30. The van der Waals surface area contributed by atoms with Crippen LogP contribution in [0, 0.1) is 5.92 Å². The summed E-state index contributed by atoms with van der Waals surface area (Å²) in [5.41, 5.74) is 0.0943. The van der Waals surface area contributed by atoms with E-state index in [1.54, 1.807) is 7.11 Å². The van der Waals surface area contributed by atoms with E-state index in [1.165, 1.54) is 12.3 Å². The van der Waals surface area contributed by atoms with Gasteiger partial charge >= 0.3 is 5.97 Å². The molecule has 0 bridgehead atoms. The van der Waals surface area contributed by atoms with Crippen molar-refractivity contribution in [1.29, 1.82) is 0 Å². The quantitative estimate of drug-likeness (QED) is 0.905. The third-order valence-electron chi connectivity index (χ3n) is 3.09. The molecule has 5 nitrogen and oxygen atoms in total. The number of aromatic carboxylic acids is 1. The van der Waals surface area contributed by atoms with E-state index in [0.717, 1.165) is 19.5 Å². The molecule has 0 aliphatic carbocycles.